The SMILES string of the molecule is O=C(Nc1cccc2c1CCNC2)c1csc([N+](=O)[O-])c1. The Labute approximate surface area is 124 Å². The molecule has 0 atom stereocenters. The van der Waals surface area contributed by atoms with Crippen LogP contribution in [-0.2, 0) is 13.0 Å². The third-order valence-electron chi connectivity index (χ3n) is 3.42. The van der Waals surface area contributed by atoms with Gasteiger partial charge in [0.2, 0.25) is 0 Å². The third kappa shape index (κ3) is 2.79. The summed E-state index contributed by atoms with van der Waals surface area (Å²) in [5.41, 5.74) is 3.41. The van der Waals surface area contributed by atoms with Crippen LogP contribution >= 0.6 is 11.3 Å². The summed E-state index contributed by atoms with van der Waals surface area (Å²) < 4.78 is 0. The lowest BCUT2D eigenvalue weighted by Gasteiger charge is -2.20. The van der Waals surface area contributed by atoms with Gasteiger partial charge < -0.3 is 10.6 Å². The molecule has 0 saturated heterocycles. The number of hydrogen-bond donors (Lipinski definition) is 2. The molecule has 1 amide bonds. The number of nitrogens with one attached hydrogen (secondary N) is 2. The van der Waals surface area contributed by atoms with Gasteiger partial charge in [0.1, 0.15) is 0 Å². The summed E-state index contributed by atoms with van der Waals surface area (Å²) in [6.45, 7) is 1.67. The Morgan fingerprint density at radius 3 is 3.05 bits per heavy atom. The van der Waals surface area contributed by atoms with E-state index in [9.17, 15) is 14.9 Å². The maximum atomic E-state index is 12.2. The molecule has 2 aromatic rings. The van der Waals surface area contributed by atoms with Crippen molar-refractivity contribution in [2.24, 2.45) is 0 Å². The molecule has 2 N–H and O–H groups in total. The number of carbonyl (C=O) groups is 1. The van der Waals surface area contributed by atoms with Crippen molar-refractivity contribution < 1.29 is 9.72 Å². The summed E-state index contributed by atoms with van der Waals surface area (Å²) in [6.07, 6.45) is 0.857. The van der Waals surface area contributed by atoms with E-state index in [4.69, 9.17) is 0 Å². The Bertz CT molecular complexity index is 711. The highest BCUT2D eigenvalue weighted by Gasteiger charge is 2.18. The second-order valence-electron chi connectivity index (χ2n) is 4.75. The molecule has 7 heteroatoms. The van der Waals surface area contributed by atoms with Gasteiger partial charge in [0.25, 0.3) is 5.91 Å². The third-order valence-corrected chi connectivity index (χ3v) is 4.30. The molecule has 1 aromatic heterocycles. The summed E-state index contributed by atoms with van der Waals surface area (Å²) in [7, 11) is 0. The monoisotopic (exact) mass is 303 g/mol. The Hall–Kier alpha value is -2.25. The second kappa shape index (κ2) is 5.63. The molecule has 0 bridgehead atoms. The van der Waals surface area contributed by atoms with Crippen LogP contribution in [0.25, 0.3) is 0 Å². The molecule has 0 unspecified atom stereocenters. The first kappa shape index (κ1) is 13.7. The van der Waals surface area contributed by atoms with Gasteiger partial charge in [-0.3, -0.25) is 14.9 Å². The summed E-state index contributed by atoms with van der Waals surface area (Å²) >= 11 is 0.955. The Balaban J connectivity index is 1.83. The average Bonchev–Trinajstić information content (AvgIpc) is 2.98. The van der Waals surface area contributed by atoms with Crippen LogP contribution in [-0.4, -0.2) is 17.4 Å². The second-order valence-corrected chi connectivity index (χ2v) is 5.64. The van der Waals surface area contributed by atoms with Gasteiger partial charge >= 0.3 is 5.00 Å². The fourth-order valence-electron chi connectivity index (χ4n) is 2.38. The minimum atomic E-state index is -0.489. The summed E-state index contributed by atoms with van der Waals surface area (Å²) in [6, 6.07) is 7.10. The number of rotatable bonds is 3. The molecule has 0 aliphatic carbocycles. The smallest absolute Gasteiger partial charge is 0.322 e. The highest BCUT2D eigenvalue weighted by Crippen LogP contribution is 2.26. The van der Waals surface area contributed by atoms with E-state index in [0.29, 0.717) is 5.56 Å². The van der Waals surface area contributed by atoms with E-state index >= 15 is 0 Å². The molecular weight excluding hydrogens is 290 g/mol. The molecule has 6 nitrogen and oxygen atoms in total. The number of nitrogens with zero attached hydrogens (tertiary/aromatic N) is 1. The zero-order chi connectivity index (χ0) is 14.8. The molecule has 0 saturated carbocycles. The summed E-state index contributed by atoms with van der Waals surface area (Å²) in [4.78, 5) is 22.4. The average molecular weight is 303 g/mol. The van der Waals surface area contributed by atoms with Crippen molar-refractivity contribution >= 4 is 27.9 Å². The van der Waals surface area contributed by atoms with Crippen molar-refractivity contribution in [3.8, 4) is 0 Å². The van der Waals surface area contributed by atoms with E-state index in [1.54, 1.807) is 0 Å². The maximum absolute atomic E-state index is 12.2. The van der Waals surface area contributed by atoms with E-state index in [-0.39, 0.29) is 10.9 Å². The normalized spacial score (nSPS) is 13.5. The first-order valence-electron chi connectivity index (χ1n) is 6.51. The summed E-state index contributed by atoms with van der Waals surface area (Å²) in [5, 5.41) is 18.3. The Morgan fingerprint density at radius 1 is 1.43 bits per heavy atom. The maximum Gasteiger partial charge on any atom is 0.324 e. The van der Waals surface area contributed by atoms with Gasteiger partial charge in [-0.05, 0) is 30.2 Å². The van der Waals surface area contributed by atoms with E-state index in [1.165, 1.54) is 17.0 Å². The lowest BCUT2D eigenvalue weighted by molar-refractivity contribution is -0.380. The van der Waals surface area contributed by atoms with Crippen molar-refractivity contribution in [2.45, 2.75) is 13.0 Å². The minimum absolute atomic E-state index is 0.0283. The van der Waals surface area contributed by atoms with Crippen LogP contribution in [0.4, 0.5) is 10.7 Å². The van der Waals surface area contributed by atoms with Crippen LogP contribution in [0.5, 0.6) is 0 Å². The summed E-state index contributed by atoms with van der Waals surface area (Å²) in [5.74, 6) is -0.314. The zero-order valence-electron chi connectivity index (χ0n) is 11.1. The first-order valence-corrected chi connectivity index (χ1v) is 7.39. The molecule has 0 radical (unpaired) electrons. The molecule has 3 rings (SSSR count). The van der Waals surface area contributed by atoms with Gasteiger partial charge in [-0.1, -0.05) is 23.5 Å². The van der Waals surface area contributed by atoms with Crippen LogP contribution in [0.15, 0.2) is 29.6 Å². The highest BCUT2D eigenvalue weighted by molar-refractivity contribution is 7.13. The molecule has 1 aromatic carbocycles. The molecule has 2 heterocycles. The van der Waals surface area contributed by atoms with Gasteiger partial charge in [-0.15, -0.1) is 0 Å². The minimum Gasteiger partial charge on any atom is -0.322 e. The van der Waals surface area contributed by atoms with Gasteiger partial charge in [-0.2, -0.15) is 0 Å². The van der Waals surface area contributed by atoms with Crippen molar-refractivity contribution in [1.82, 2.24) is 5.32 Å². The molecule has 108 valence electrons. The van der Waals surface area contributed by atoms with E-state index in [0.717, 1.165) is 42.1 Å². The number of fused-ring (bicyclic) bond motifs is 1. The van der Waals surface area contributed by atoms with E-state index in [2.05, 4.69) is 10.6 Å². The van der Waals surface area contributed by atoms with Crippen LogP contribution in [0.2, 0.25) is 0 Å². The number of thiophene rings is 1. The van der Waals surface area contributed by atoms with Crippen molar-refractivity contribution in [3.63, 3.8) is 0 Å². The van der Waals surface area contributed by atoms with Crippen molar-refractivity contribution in [1.29, 1.82) is 0 Å². The van der Waals surface area contributed by atoms with Gasteiger partial charge in [0.15, 0.2) is 0 Å². The van der Waals surface area contributed by atoms with Gasteiger partial charge in [-0.25, -0.2) is 0 Å². The molecule has 0 spiro atoms. The molecule has 1 aliphatic rings. The Kier molecular flexibility index (Phi) is 3.68. The standard InChI is InChI=1S/C14H13N3O3S/c18-14(10-6-13(17(19)20)21-8-10)16-12-3-1-2-9-7-15-5-4-11(9)12/h1-3,6,8,15H,4-5,7H2,(H,16,18). The fraction of sp³-hybridized carbons (Fsp3) is 0.214. The number of nitro groups is 1. The first-order chi connectivity index (χ1) is 10.1. The molecule has 0 fully saturated rings. The number of benzene rings is 1. The van der Waals surface area contributed by atoms with Crippen molar-refractivity contribution in [3.05, 3.63) is 56.5 Å². The van der Waals surface area contributed by atoms with Gasteiger partial charge in [0.05, 0.1) is 10.5 Å². The van der Waals surface area contributed by atoms with Crippen molar-refractivity contribution in [2.75, 3.05) is 11.9 Å². The number of carbonyl (C=O) groups excluding carboxylic acids is 1. The highest BCUT2D eigenvalue weighted by atomic mass is 32.1. The lowest BCUT2D eigenvalue weighted by Crippen LogP contribution is -2.25. The van der Waals surface area contributed by atoms with E-state index < -0.39 is 4.92 Å². The molecule has 1 aliphatic heterocycles. The number of amides is 1. The van der Waals surface area contributed by atoms with Gasteiger partial charge in [0, 0.05) is 23.7 Å². The lowest BCUT2D eigenvalue weighted by atomic mass is 9.99. The Morgan fingerprint density at radius 2 is 2.29 bits per heavy atom. The predicted molar refractivity (Wildman–Crippen MR) is 80.8 cm³/mol. The fourth-order valence-corrected chi connectivity index (χ4v) is 3.09. The van der Waals surface area contributed by atoms with Crippen LogP contribution in [0.3, 0.4) is 0 Å². The van der Waals surface area contributed by atoms with Crippen LogP contribution in [0.1, 0.15) is 21.5 Å². The zero-order valence-corrected chi connectivity index (χ0v) is 11.9. The molecule has 21 heavy (non-hydrogen) atoms. The molecular formula is C14H13N3O3S. The van der Waals surface area contributed by atoms with E-state index in [1.807, 2.05) is 18.2 Å². The van der Waals surface area contributed by atoms with Crippen LogP contribution in [0, 0.1) is 10.1 Å². The largest absolute Gasteiger partial charge is 0.324 e. The number of anilines is 1. The predicted octanol–water partition coefficient (Wildman–Crippen LogP) is 2.55. The topological polar surface area (TPSA) is 84.3 Å². The van der Waals surface area contributed by atoms with Crippen LogP contribution < -0.4 is 10.6 Å². The number of hydrogen-bond acceptors (Lipinski definition) is 5. The quantitative estimate of drug-likeness (QED) is 0.674.